The minimum absolute atomic E-state index is 0.0262. The third-order valence-corrected chi connectivity index (χ3v) is 5.68. The van der Waals surface area contributed by atoms with E-state index in [1.54, 1.807) is 29.2 Å². The van der Waals surface area contributed by atoms with Crippen LogP contribution in [0, 0.1) is 0 Å². The van der Waals surface area contributed by atoms with Gasteiger partial charge in [-0.1, -0.05) is 22.0 Å². The van der Waals surface area contributed by atoms with E-state index >= 15 is 0 Å². The van der Waals surface area contributed by atoms with Gasteiger partial charge in [-0.15, -0.1) is 0 Å². The minimum atomic E-state index is -3.51. The van der Waals surface area contributed by atoms with Crippen molar-refractivity contribution in [2.75, 3.05) is 39.9 Å². The van der Waals surface area contributed by atoms with Crippen molar-refractivity contribution in [1.29, 1.82) is 0 Å². The van der Waals surface area contributed by atoms with Gasteiger partial charge in [0, 0.05) is 37.8 Å². The van der Waals surface area contributed by atoms with Crippen LogP contribution in [0.4, 0.5) is 0 Å². The molecule has 1 aliphatic rings. The lowest BCUT2D eigenvalue weighted by Gasteiger charge is -2.33. The van der Waals surface area contributed by atoms with Gasteiger partial charge in [-0.05, 0) is 18.2 Å². The van der Waals surface area contributed by atoms with Crippen molar-refractivity contribution in [3.63, 3.8) is 0 Å². The Kier molecular flexibility index (Phi) is 5.37. The van der Waals surface area contributed by atoms with E-state index in [-0.39, 0.29) is 17.4 Å². The molecule has 0 N–H and O–H groups in total. The number of hydrogen-bond donors (Lipinski definition) is 0. The summed E-state index contributed by atoms with van der Waals surface area (Å²) in [6, 6.07) is 6.62. The Bertz CT molecular complexity index is 612. The van der Waals surface area contributed by atoms with Gasteiger partial charge in [-0.2, -0.15) is 4.31 Å². The van der Waals surface area contributed by atoms with Crippen molar-refractivity contribution in [2.45, 2.75) is 4.90 Å². The number of rotatable bonds is 4. The van der Waals surface area contributed by atoms with Crippen LogP contribution in [0.25, 0.3) is 0 Å². The first-order chi connectivity index (χ1) is 9.95. The first kappa shape index (κ1) is 16.4. The average Bonchev–Trinajstić information content (AvgIpc) is 2.47. The van der Waals surface area contributed by atoms with E-state index in [1.807, 2.05) is 0 Å². The minimum Gasteiger partial charge on any atom is -0.375 e. The molecule has 8 heteroatoms. The number of nitrogens with zero attached hydrogens (tertiary/aromatic N) is 2. The SMILES string of the molecule is COCC(=O)N1CCN(S(=O)(=O)c2cccc(Br)c2)CC1. The van der Waals surface area contributed by atoms with Gasteiger partial charge in [0.25, 0.3) is 0 Å². The molecule has 0 spiro atoms. The summed E-state index contributed by atoms with van der Waals surface area (Å²) in [5.41, 5.74) is 0. The molecule has 1 saturated heterocycles. The highest BCUT2D eigenvalue weighted by Crippen LogP contribution is 2.21. The van der Waals surface area contributed by atoms with Crippen LogP contribution in [0.1, 0.15) is 0 Å². The molecule has 6 nitrogen and oxygen atoms in total. The fourth-order valence-corrected chi connectivity index (χ4v) is 4.19. The molecule has 0 bridgehead atoms. The van der Waals surface area contributed by atoms with Crippen LogP contribution in [-0.4, -0.2) is 63.4 Å². The van der Waals surface area contributed by atoms with Crippen molar-refractivity contribution in [2.24, 2.45) is 0 Å². The number of halogens is 1. The van der Waals surface area contributed by atoms with Crippen LogP contribution >= 0.6 is 15.9 Å². The first-order valence-corrected chi connectivity index (χ1v) is 8.71. The lowest BCUT2D eigenvalue weighted by molar-refractivity contribution is -0.136. The number of carbonyl (C=O) groups excluding carboxylic acids is 1. The van der Waals surface area contributed by atoms with E-state index in [2.05, 4.69) is 15.9 Å². The summed E-state index contributed by atoms with van der Waals surface area (Å²) < 4.78 is 32.0. The number of amides is 1. The normalized spacial score (nSPS) is 17.0. The Labute approximate surface area is 132 Å². The van der Waals surface area contributed by atoms with Gasteiger partial charge >= 0.3 is 0 Å². The summed E-state index contributed by atoms with van der Waals surface area (Å²) in [5.74, 6) is -0.114. The van der Waals surface area contributed by atoms with E-state index in [1.165, 1.54) is 11.4 Å². The number of carbonyl (C=O) groups is 1. The zero-order valence-electron chi connectivity index (χ0n) is 11.7. The van der Waals surface area contributed by atoms with Gasteiger partial charge < -0.3 is 9.64 Å². The molecule has 116 valence electrons. The summed E-state index contributed by atoms with van der Waals surface area (Å²) in [6.07, 6.45) is 0. The molecule has 0 radical (unpaired) electrons. The number of sulfonamides is 1. The molecule has 0 aromatic heterocycles. The highest BCUT2D eigenvalue weighted by atomic mass is 79.9. The Balaban J connectivity index is 2.06. The van der Waals surface area contributed by atoms with Crippen molar-refractivity contribution in [1.82, 2.24) is 9.21 Å². The fourth-order valence-electron chi connectivity index (χ4n) is 2.17. The maximum Gasteiger partial charge on any atom is 0.248 e. The van der Waals surface area contributed by atoms with Crippen molar-refractivity contribution in [3.05, 3.63) is 28.7 Å². The zero-order valence-corrected chi connectivity index (χ0v) is 14.1. The van der Waals surface area contributed by atoms with Crippen LogP contribution in [-0.2, 0) is 19.6 Å². The summed E-state index contributed by atoms with van der Waals surface area (Å²) in [4.78, 5) is 13.6. The van der Waals surface area contributed by atoms with Crippen molar-refractivity contribution >= 4 is 31.9 Å². The highest BCUT2D eigenvalue weighted by molar-refractivity contribution is 9.10. The number of ether oxygens (including phenoxy) is 1. The van der Waals surface area contributed by atoms with Crippen LogP contribution in [0.3, 0.4) is 0 Å². The maximum absolute atomic E-state index is 12.5. The van der Waals surface area contributed by atoms with E-state index < -0.39 is 10.0 Å². The summed E-state index contributed by atoms with van der Waals surface area (Å²) >= 11 is 3.27. The van der Waals surface area contributed by atoms with Gasteiger partial charge in [0.2, 0.25) is 15.9 Å². The molecule has 2 rings (SSSR count). The molecular formula is C13H17BrN2O4S. The molecule has 0 unspecified atom stereocenters. The first-order valence-electron chi connectivity index (χ1n) is 6.47. The monoisotopic (exact) mass is 376 g/mol. The second-order valence-corrected chi connectivity index (χ2v) is 7.53. The highest BCUT2D eigenvalue weighted by Gasteiger charge is 2.29. The van der Waals surface area contributed by atoms with Crippen molar-refractivity contribution in [3.8, 4) is 0 Å². The Morgan fingerprint density at radius 2 is 1.95 bits per heavy atom. The summed E-state index contributed by atoms with van der Waals surface area (Å²) in [7, 11) is -2.05. The van der Waals surface area contributed by atoms with E-state index in [9.17, 15) is 13.2 Å². The lowest BCUT2D eigenvalue weighted by Crippen LogP contribution is -2.51. The topological polar surface area (TPSA) is 66.9 Å². The number of methoxy groups -OCH3 is 1. The lowest BCUT2D eigenvalue weighted by atomic mass is 10.3. The van der Waals surface area contributed by atoms with Crippen molar-refractivity contribution < 1.29 is 17.9 Å². The van der Waals surface area contributed by atoms with Gasteiger partial charge in [-0.3, -0.25) is 4.79 Å². The Hall–Kier alpha value is -0.960. The average molecular weight is 377 g/mol. The molecule has 21 heavy (non-hydrogen) atoms. The van der Waals surface area contributed by atoms with Gasteiger partial charge in [0.05, 0.1) is 4.90 Å². The van der Waals surface area contributed by atoms with Crippen LogP contribution < -0.4 is 0 Å². The van der Waals surface area contributed by atoms with Crippen LogP contribution in [0.5, 0.6) is 0 Å². The fraction of sp³-hybridized carbons (Fsp3) is 0.462. The zero-order chi connectivity index (χ0) is 15.5. The second kappa shape index (κ2) is 6.87. The molecular weight excluding hydrogens is 360 g/mol. The molecule has 0 aliphatic carbocycles. The molecule has 1 aromatic rings. The van der Waals surface area contributed by atoms with Gasteiger partial charge in [0.1, 0.15) is 6.61 Å². The summed E-state index contributed by atoms with van der Waals surface area (Å²) in [6.45, 7) is 1.39. The maximum atomic E-state index is 12.5. The Morgan fingerprint density at radius 3 is 2.52 bits per heavy atom. The molecule has 1 heterocycles. The van der Waals surface area contributed by atoms with Gasteiger partial charge in [0.15, 0.2) is 0 Å². The molecule has 1 amide bonds. The predicted octanol–water partition coefficient (Wildman–Crippen LogP) is 0.928. The number of piperazine rings is 1. The Morgan fingerprint density at radius 1 is 1.29 bits per heavy atom. The standard InChI is InChI=1S/C13H17BrN2O4S/c1-20-10-13(17)15-5-7-16(8-6-15)21(18,19)12-4-2-3-11(14)9-12/h2-4,9H,5-8,10H2,1H3. The predicted molar refractivity (Wildman–Crippen MR) is 81.4 cm³/mol. The number of benzene rings is 1. The van der Waals surface area contributed by atoms with Gasteiger partial charge in [-0.25, -0.2) is 8.42 Å². The summed E-state index contributed by atoms with van der Waals surface area (Å²) in [5, 5.41) is 0. The number of hydrogen-bond acceptors (Lipinski definition) is 4. The molecule has 0 atom stereocenters. The van der Waals surface area contributed by atoms with Crippen LogP contribution in [0.15, 0.2) is 33.6 Å². The quantitative estimate of drug-likeness (QED) is 0.783. The second-order valence-electron chi connectivity index (χ2n) is 4.68. The molecule has 0 saturated carbocycles. The molecule has 1 aromatic carbocycles. The third-order valence-electron chi connectivity index (χ3n) is 3.29. The molecule has 1 fully saturated rings. The van der Waals surface area contributed by atoms with E-state index in [0.717, 1.165) is 4.47 Å². The molecule has 1 aliphatic heterocycles. The third kappa shape index (κ3) is 3.82. The van der Waals surface area contributed by atoms with E-state index in [4.69, 9.17) is 4.74 Å². The van der Waals surface area contributed by atoms with E-state index in [0.29, 0.717) is 26.2 Å². The van der Waals surface area contributed by atoms with Crippen LogP contribution in [0.2, 0.25) is 0 Å². The smallest absolute Gasteiger partial charge is 0.248 e. The largest absolute Gasteiger partial charge is 0.375 e.